The van der Waals surface area contributed by atoms with Crippen LogP contribution in [0.25, 0.3) is 0 Å². The SMILES string of the molecule is Cc1nc(C(=O)O)oc1CCl. The number of hydrogen-bond donors (Lipinski definition) is 1. The van der Waals surface area contributed by atoms with E-state index in [0.29, 0.717) is 11.5 Å². The molecule has 0 fully saturated rings. The Balaban J connectivity index is 3.05. The maximum Gasteiger partial charge on any atom is 0.392 e. The van der Waals surface area contributed by atoms with Gasteiger partial charge in [-0.05, 0) is 6.92 Å². The van der Waals surface area contributed by atoms with Crippen molar-refractivity contribution in [1.82, 2.24) is 4.98 Å². The molecule has 5 heteroatoms. The third-order valence-corrected chi connectivity index (χ3v) is 1.44. The van der Waals surface area contributed by atoms with Crippen molar-refractivity contribution in [1.29, 1.82) is 0 Å². The van der Waals surface area contributed by atoms with E-state index in [-0.39, 0.29) is 11.8 Å². The first kappa shape index (κ1) is 8.07. The van der Waals surface area contributed by atoms with Crippen LogP contribution >= 0.6 is 11.6 Å². The molecule has 0 saturated carbocycles. The molecule has 0 saturated heterocycles. The summed E-state index contributed by atoms with van der Waals surface area (Å²) >= 11 is 5.42. The normalized spacial score (nSPS) is 10.0. The molecule has 1 aromatic rings. The van der Waals surface area contributed by atoms with Crippen LogP contribution in [0.15, 0.2) is 4.42 Å². The number of rotatable bonds is 2. The van der Waals surface area contributed by atoms with Gasteiger partial charge in [-0.25, -0.2) is 9.78 Å². The Morgan fingerprint density at radius 1 is 1.82 bits per heavy atom. The Kier molecular flexibility index (Phi) is 2.14. The molecule has 0 unspecified atom stereocenters. The molecule has 0 aliphatic rings. The van der Waals surface area contributed by atoms with Crippen molar-refractivity contribution in [3.63, 3.8) is 0 Å². The quantitative estimate of drug-likeness (QED) is 0.691. The fraction of sp³-hybridized carbons (Fsp3) is 0.333. The van der Waals surface area contributed by atoms with Gasteiger partial charge in [-0.3, -0.25) is 0 Å². The number of alkyl halides is 1. The average molecular weight is 176 g/mol. The van der Waals surface area contributed by atoms with E-state index < -0.39 is 5.97 Å². The molecule has 1 N–H and O–H groups in total. The second-order valence-electron chi connectivity index (χ2n) is 1.97. The molecule has 4 nitrogen and oxygen atoms in total. The maximum absolute atomic E-state index is 10.3. The number of hydrogen-bond acceptors (Lipinski definition) is 3. The lowest BCUT2D eigenvalue weighted by Gasteiger charge is -1.84. The van der Waals surface area contributed by atoms with E-state index in [0.717, 1.165) is 0 Å². The molecule has 1 rings (SSSR count). The molecule has 0 aliphatic heterocycles. The van der Waals surface area contributed by atoms with Gasteiger partial charge in [-0.1, -0.05) is 0 Å². The van der Waals surface area contributed by atoms with E-state index in [4.69, 9.17) is 21.1 Å². The van der Waals surface area contributed by atoms with Gasteiger partial charge in [0.2, 0.25) is 0 Å². The summed E-state index contributed by atoms with van der Waals surface area (Å²) in [6.07, 6.45) is 0. The topological polar surface area (TPSA) is 63.3 Å². The first-order chi connectivity index (χ1) is 5.15. The molecule has 0 spiro atoms. The Labute approximate surface area is 67.8 Å². The molecule has 1 aromatic heterocycles. The maximum atomic E-state index is 10.3. The predicted molar refractivity (Wildman–Crippen MR) is 37.8 cm³/mol. The number of carboxylic acid groups (broad SMARTS) is 1. The number of nitrogens with zero attached hydrogens (tertiary/aromatic N) is 1. The van der Waals surface area contributed by atoms with Crippen LogP contribution in [-0.2, 0) is 5.88 Å². The molecular weight excluding hydrogens is 170 g/mol. The lowest BCUT2D eigenvalue weighted by Crippen LogP contribution is -1.95. The molecule has 0 atom stereocenters. The standard InChI is InChI=1S/C6H6ClNO3/c1-3-4(2-7)11-5(8-3)6(9)10/h2H2,1H3,(H,9,10). The highest BCUT2D eigenvalue weighted by Crippen LogP contribution is 2.11. The van der Waals surface area contributed by atoms with Crippen LogP contribution in [0, 0.1) is 6.92 Å². The summed E-state index contributed by atoms with van der Waals surface area (Å²) in [6, 6.07) is 0. The van der Waals surface area contributed by atoms with Gasteiger partial charge in [0.05, 0.1) is 11.6 Å². The molecule has 0 radical (unpaired) electrons. The zero-order valence-electron chi connectivity index (χ0n) is 5.80. The van der Waals surface area contributed by atoms with Crippen LogP contribution in [0.4, 0.5) is 0 Å². The number of oxazole rings is 1. The minimum Gasteiger partial charge on any atom is -0.474 e. The number of carbonyl (C=O) groups is 1. The third-order valence-electron chi connectivity index (χ3n) is 1.20. The zero-order valence-corrected chi connectivity index (χ0v) is 6.55. The number of aryl methyl sites for hydroxylation is 1. The van der Waals surface area contributed by atoms with Crippen molar-refractivity contribution in [3.05, 3.63) is 17.3 Å². The number of aromatic carboxylic acids is 1. The minimum atomic E-state index is -1.18. The van der Waals surface area contributed by atoms with E-state index in [1.807, 2.05) is 0 Å². The lowest BCUT2D eigenvalue weighted by atomic mass is 10.4. The third kappa shape index (κ3) is 1.51. The van der Waals surface area contributed by atoms with E-state index >= 15 is 0 Å². The molecule has 0 amide bonds. The molecule has 0 aliphatic carbocycles. The summed E-state index contributed by atoms with van der Waals surface area (Å²) < 4.78 is 4.78. The highest BCUT2D eigenvalue weighted by molar-refractivity contribution is 6.16. The summed E-state index contributed by atoms with van der Waals surface area (Å²) in [7, 11) is 0. The van der Waals surface area contributed by atoms with E-state index in [1.54, 1.807) is 6.92 Å². The van der Waals surface area contributed by atoms with Gasteiger partial charge in [-0.15, -0.1) is 11.6 Å². The second kappa shape index (κ2) is 2.92. The van der Waals surface area contributed by atoms with Crippen molar-refractivity contribution < 1.29 is 14.3 Å². The molecule has 0 bridgehead atoms. The van der Waals surface area contributed by atoms with Gasteiger partial charge < -0.3 is 9.52 Å². The first-order valence-electron chi connectivity index (χ1n) is 2.90. The van der Waals surface area contributed by atoms with Crippen LogP contribution in [0.5, 0.6) is 0 Å². The first-order valence-corrected chi connectivity index (χ1v) is 3.44. The Bertz CT molecular complexity index is 281. The number of carboxylic acids is 1. The average Bonchev–Trinajstić information content (AvgIpc) is 2.31. The Morgan fingerprint density at radius 3 is 2.73 bits per heavy atom. The van der Waals surface area contributed by atoms with Crippen LogP contribution < -0.4 is 0 Å². The van der Waals surface area contributed by atoms with Crippen LogP contribution in [0.1, 0.15) is 22.1 Å². The highest BCUT2D eigenvalue weighted by Gasteiger charge is 2.13. The number of aromatic nitrogens is 1. The molecule has 60 valence electrons. The van der Waals surface area contributed by atoms with Crippen LogP contribution in [0.3, 0.4) is 0 Å². The van der Waals surface area contributed by atoms with E-state index in [1.165, 1.54) is 0 Å². The van der Waals surface area contributed by atoms with Crippen molar-refractivity contribution in [2.24, 2.45) is 0 Å². The zero-order chi connectivity index (χ0) is 8.43. The molecule has 11 heavy (non-hydrogen) atoms. The Morgan fingerprint density at radius 2 is 2.45 bits per heavy atom. The summed E-state index contributed by atoms with van der Waals surface area (Å²) in [5, 5.41) is 8.42. The van der Waals surface area contributed by atoms with Crippen molar-refractivity contribution in [2.45, 2.75) is 12.8 Å². The Hall–Kier alpha value is -1.03. The van der Waals surface area contributed by atoms with Gasteiger partial charge in [0.1, 0.15) is 5.76 Å². The highest BCUT2D eigenvalue weighted by atomic mass is 35.5. The van der Waals surface area contributed by atoms with Crippen molar-refractivity contribution >= 4 is 17.6 Å². The smallest absolute Gasteiger partial charge is 0.392 e. The van der Waals surface area contributed by atoms with Crippen LogP contribution in [-0.4, -0.2) is 16.1 Å². The van der Waals surface area contributed by atoms with Crippen LogP contribution in [0.2, 0.25) is 0 Å². The summed E-state index contributed by atoms with van der Waals surface area (Å²) in [6.45, 7) is 1.65. The lowest BCUT2D eigenvalue weighted by molar-refractivity contribution is 0.0652. The van der Waals surface area contributed by atoms with Gasteiger partial charge in [0.25, 0.3) is 0 Å². The molecule has 0 aromatic carbocycles. The summed E-state index contributed by atoms with van der Waals surface area (Å²) in [5.41, 5.74) is 0.525. The molecule has 1 heterocycles. The van der Waals surface area contributed by atoms with E-state index in [2.05, 4.69) is 4.98 Å². The van der Waals surface area contributed by atoms with Gasteiger partial charge in [0, 0.05) is 0 Å². The predicted octanol–water partition coefficient (Wildman–Crippen LogP) is 1.42. The van der Waals surface area contributed by atoms with Gasteiger partial charge in [0.15, 0.2) is 0 Å². The monoisotopic (exact) mass is 175 g/mol. The van der Waals surface area contributed by atoms with Gasteiger partial charge >= 0.3 is 11.9 Å². The fourth-order valence-electron chi connectivity index (χ4n) is 0.643. The largest absolute Gasteiger partial charge is 0.474 e. The summed E-state index contributed by atoms with van der Waals surface area (Å²) in [4.78, 5) is 13.9. The van der Waals surface area contributed by atoms with Gasteiger partial charge in [-0.2, -0.15) is 0 Å². The summed E-state index contributed by atoms with van der Waals surface area (Å²) in [5.74, 6) is -0.932. The minimum absolute atomic E-state index is 0.145. The van der Waals surface area contributed by atoms with Crippen molar-refractivity contribution in [3.8, 4) is 0 Å². The number of halogens is 1. The second-order valence-corrected chi connectivity index (χ2v) is 2.23. The fourth-order valence-corrected chi connectivity index (χ4v) is 0.891. The van der Waals surface area contributed by atoms with E-state index in [9.17, 15) is 4.79 Å². The molecular formula is C6H6ClNO3. The van der Waals surface area contributed by atoms with Crippen molar-refractivity contribution in [2.75, 3.05) is 0 Å².